The lowest BCUT2D eigenvalue weighted by molar-refractivity contribution is 0.0718. The van der Waals surface area contributed by atoms with Crippen molar-refractivity contribution in [2.24, 2.45) is 7.05 Å². The van der Waals surface area contributed by atoms with E-state index >= 15 is 0 Å². The third-order valence-corrected chi connectivity index (χ3v) is 5.68. The molecule has 0 radical (unpaired) electrons. The molecule has 4 aromatic rings. The lowest BCUT2D eigenvalue weighted by Crippen LogP contribution is -2.35. The highest BCUT2D eigenvalue weighted by atomic mass is 16.5. The van der Waals surface area contributed by atoms with Crippen molar-refractivity contribution in [2.75, 3.05) is 20.2 Å². The van der Waals surface area contributed by atoms with E-state index in [9.17, 15) is 4.79 Å². The Kier molecular flexibility index (Phi) is 4.89. The van der Waals surface area contributed by atoms with Gasteiger partial charge in [0.2, 0.25) is 0 Å². The molecule has 0 bridgehead atoms. The van der Waals surface area contributed by atoms with Crippen LogP contribution in [0.25, 0.3) is 28.2 Å². The normalized spacial score (nSPS) is 14.2. The van der Waals surface area contributed by atoms with Crippen molar-refractivity contribution in [3.8, 4) is 28.3 Å². The number of likely N-dealkylation sites (tertiary alicyclic amines) is 1. The molecule has 1 amide bonds. The largest absolute Gasteiger partial charge is 0.497 e. The maximum atomic E-state index is 13.0. The molecule has 0 N–H and O–H groups in total. The van der Waals surface area contributed by atoms with Gasteiger partial charge in [0.25, 0.3) is 5.91 Å². The van der Waals surface area contributed by atoms with E-state index in [4.69, 9.17) is 9.72 Å². The van der Waals surface area contributed by atoms with Gasteiger partial charge in [-0.15, -0.1) is 0 Å². The van der Waals surface area contributed by atoms with Crippen LogP contribution >= 0.6 is 0 Å². The fourth-order valence-corrected chi connectivity index (χ4v) is 4.01. The zero-order valence-electron chi connectivity index (χ0n) is 17.7. The van der Waals surface area contributed by atoms with E-state index in [1.807, 2.05) is 48.5 Å². The number of hydrogen-bond donors (Lipinski definition) is 0. The smallest absolute Gasteiger partial charge is 0.274 e. The Labute approximate surface area is 180 Å². The molecule has 1 aromatic carbocycles. The molecule has 5 rings (SSSR count). The molecule has 0 unspecified atom stereocenters. The van der Waals surface area contributed by atoms with Crippen LogP contribution in [0.3, 0.4) is 0 Å². The molecule has 0 saturated carbocycles. The van der Waals surface area contributed by atoms with Crippen molar-refractivity contribution in [1.29, 1.82) is 0 Å². The molecule has 0 atom stereocenters. The minimum Gasteiger partial charge on any atom is -0.497 e. The van der Waals surface area contributed by atoms with Gasteiger partial charge in [-0.25, -0.2) is 9.50 Å². The summed E-state index contributed by atoms with van der Waals surface area (Å²) < 4.78 is 8.76. The first-order valence-electron chi connectivity index (χ1n) is 10.5. The Morgan fingerprint density at radius 3 is 2.48 bits per heavy atom. The maximum absolute atomic E-state index is 13.0. The van der Waals surface area contributed by atoms with Crippen LogP contribution in [0.2, 0.25) is 0 Å². The third-order valence-electron chi connectivity index (χ3n) is 5.68. The van der Waals surface area contributed by atoms with E-state index in [2.05, 4.69) is 10.2 Å². The molecule has 8 nitrogen and oxygen atoms in total. The molecule has 8 heteroatoms. The van der Waals surface area contributed by atoms with E-state index in [1.165, 1.54) is 6.42 Å². The highest BCUT2D eigenvalue weighted by Crippen LogP contribution is 2.28. The van der Waals surface area contributed by atoms with E-state index in [-0.39, 0.29) is 5.91 Å². The van der Waals surface area contributed by atoms with Gasteiger partial charge < -0.3 is 9.64 Å². The van der Waals surface area contributed by atoms with Crippen molar-refractivity contribution >= 4 is 11.6 Å². The van der Waals surface area contributed by atoms with E-state index < -0.39 is 0 Å². The number of carbonyl (C=O) groups excluding carboxylic acids is 1. The Bertz CT molecular complexity index is 1230. The Morgan fingerprint density at radius 1 is 1.03 bits per heavy atom. The number of piperidine rings is 1. The van der Waals surface area contributed by atoms with Crippen LogP contribution in [0, 0.1) is 0 Å². The quantitative estimate of drug-likeness (QED) is 0.509. The fourth-order valence-electron chi connectivity index (χ4n) is 4.01. The Morgan fingerprint density at radius 2 is 1.81 bits per heavy atom. The summed E-state index contributed by atoms with van der Waals surface area (Å²) in [5.41, 5.74) is 4.55. The number of ether oxygens (including phenoxy) is 1. The lowest BCUT2D eigenvalue weighted by Gasteiger charge is -2.25. The van der Waals surface area contributed by atoms with Crippen LogP contribution in [0.4, 0.5) is 0 Å². The van der Waals surface area contributed by atoms with Gasteiger partial charge in [0, 0.05) is 43.5 Å². The first-order chi connectivity index (χ1) is 15.1. The molecular weight excluding hydrogens is 392 g/mol. The van der Waals surface area contributed by atoms with Gasteiger partial charge in [-0.2, -0.15) is 10.2 Å². The van der Waals surface area contributed by atoms with Crippen LogP contribution in [-0.2, 0) is 7.05 Å². The molecule has 4 heterocycles. The SMILES string of the molecule is COc1ccc(-c2cc(-c3cnn(C)c3)n3nc(C(=O)N4CCCCC4)cc3n2)cc1. The molecular formula is C23H24N6O2. The number of benzene rings is 1. The molecule has 0 aliphatic carbocycles. The second-order valence-corrected chi connectivity index (χ2v) is 7.81. The third kappa shape index (κ3) is 3.65. The van der Waals surface area contributed by atoms with Gasteiger partial charge in [0.05, 0.1) is 24.7 Å². The molecule has 1 saturated heterocycles. The number of amides is 1. The molecule has 3 aromatic heterocycles. The first kappa shape index (κ1) is 19.3. The second-order valence-electron chi connectivity index (χ2n) is 7.81. The minimum absolute atomic E-state index is 0.0339. The number of aromatic nitrogens is 5. The van der Waals surface area contributed by atoms with Crippen LogP contribution in [0.15, 0.2) is 48.8 Å². The minimum atomic E-state index is -0.0339. The number of methoxy groups -OCH3 is 1. The average molecular weight is 416 g/mol. The fraction of sp³-hybridized carbons (Fsp3) is 0.304. The predicted molar refractivity (Wildman–Crippen MR) is 117 cm³/mol. The van der Waals surface area contributed by atoms with Crippen LogP contribution in [0.1, 0.15) is 29.8 Å². The first-order valence-corrected chi connectivity index (χ1v) is 10.5. The summed E-state index contributed by atoms with van der Waals surface area (Å²) in [5, 5.41) is 8.95. The number of nitrogens with zero attached hydrogens (tertiary/aromatic N) is 6. The zero-order valence-corrected chi connectivity index (χ0v) is 17.7. The molecule has 1 fully saturated rings. The highest BCUT2D eigenvalue weighted by Gasteiger charge is 2.22. The molecule has 1 aliphatic rings. The Balaban J connectivity index is 1.63. The van der Waals surface area contributed by atoms with E-state index in [1.54, 1.807) is 28.6 Å². The van der Waals surface area contributed by atoms with Crippen LogP contribution in [-0.4, -0.2) is 55.4 Å². The molecule has 31 heavy (non-hydrogen) atoms. The summed E-state index contributed by atoms with van der Waals surface area (Å²) in [7, 11) is 3.52. The number of aryl methyl sites for hydroxylation is 1. The number of fused-ring (bicyclic) bond motifs is 1. The van der Waals surface area contributed by atoms with E-state index in [0.29, 0.717) is 11.3 Å². The van der Waals surface area contributed by atoms with Gasteiger partial charge in [-0.05, 0) is 49.6 Å². The van der Waals surface area contributed by atoms with Gasteiger partial charge in [-0.1, -0.05) is 0 Å². The van der Waals surface area contributed by atoms with Gasteiger partial charge in [0.15, 0.2) is 11.3 Å². The van der Waals surface area contributed by atoms with Crippen molar-refractivity contribution in [1.82, 2.24) is 29.3 Å². The summed E-state index contributed by atoms with van der Waals surface area (Å²) in [5.74, 6) is 0.754. The van der Waals surface area contributed by atoms with E-state index in [0.717, 1.165) is 54.2 Å². The van der Waals surface area contributed by atoms with Crippen molar-refractivity contribution in [3.63, 3.8) is 0 Å². The monoisotopic (exact) mass is 416 g/mol. The summed E-state index contributed by atoms with van der Waals surface area (Å²) in [6, 6.07) is 11.5. The van der Waals surface area contributed by atoms with Crippen molar-refractivity contribution < 1.29 is 9.53 Å². The van der Waals surface area contributed by atoms with Gasteiger partial charge in [-0.3, -0.25) is 9.48 Å². The van der Waals surface area contributed by atoms with Gasteiger partial charge >= 0.3 is 0 Å². The lowest BCUT2D eigenvalue weighted by atomic mass is 10.1. The summed E-state index contributed by atoms with van der Waals surface area (Å²) in [6.07, 6.45) is 6.98. The topological polar surface area (TPSA) is 77.5 Å². The highest BCUT2D eigenvalue weighted by molar-refractivity contribution is 5.93. The standard InChI is InChI=1S/C23H24N6O2/c1-27-15-17(14-24-27)21-12-19(16-6-8-18(31-2)9-7-16)25-22-13-20(26-29(21)22)23(30)28-10-4-3-5-11-28/h6-9,12-15H,3-5,10-11H2,1-2H3. The Hall–Kier alpha value is -3.68. The van der Waals surface area contributed by atoms with Crippen molar-refractivity contribution in [2.45, 2.75) is 19.3 Å². The maximum Gasteiger partial charge on any atom is 0.274 e. The van der Waals surface area contributed by atoms with Crippen LogP contribution in [0.5, 0.6) is 5.75 Å². The molecule has 158 valence electrons. The molecule has 1 aliphatic heterocycles. The predicted octanol–water partition coefficient (Wildman–Crippen LogP) is 3.43. The molecule has 0 spiro atoms. The summed E-state index contributed by atoms with van der Waals surface area (Å²) in [6.45, 7) is 1.57. The second kappa shape index (κ2) is 7.86. The average Bonchev–Trinajstić information content (AvgIpc) is 3.45. The van der Waals surface area contributed by atoms with Gasteiger partial charge in [0.1, 0.15) is 5.75 Å². The number of hydrogen-bond acceptors (Lipinski definition) is 5. The number of carbonyl (C=O) groups is 1. The number of rotatable bonds is 4. The van der Waals surface area contributed by atoms with Crippen LogP contribution < -0.4 is 4.74 Å². The zero-order chi connectivity index (χ0) is 21.4. The summed E-state index contributed by atoms with van der Waals surface area (Å²) in [4.78, 5) is 19.7. The summed E-state index contributed by atoms with van der Waals surface area (Å²) >= 11 is 0. The van der Waals surface area contributed by atoms with Crippen molar-refractivity contribution in [3.05, 3.63) is 54.5 Å².